The van der Waals surface area contributed by atoms with E-state index >= 15 is 0 Å². The molecular weight excluding hydrogens is 242 g/mol. The number of hydrogen-bond donors (Lipinski definition) is 2. The molecule has 1 aliphatic carbocycles. The summed E-state index contributed by atoms with van der Waals surface area (Å²) in [6.07, 6.45) is 5.59. The number of amides is 1. The van der Waals surface area contributed by atoms with E-state index in [-0.39, 0.29) is 18.6 Å². The molecule has 1 heterocycles. The first-order valence-electron chi connectivity index (χ1n) is 7.14. The van der Waals surface area contributed by atoms with Crippen molar-refractivity contribution in [3.63, 3.8) is 0 Å². The molecule has 1 atom stereocenters. The summed E-state index contributed by atoms with van der Waals surface area (Å²) in [4.78, 5) is 12.3. The lowest BCUT2D eigenvalue weighted by Gasteiger charge is -2.13. The SMILES string of the molecule is CCCn1ncc(C(=O)NC(C)CCO)c1C1CC1. The van der Waals surface area contributed by atoms with Gasteiger partial charge in [0.15, 0.2) is 0 Å². The van der Waals surface area contributed by atoms with Crippen LogP contribution in [0.25, 0.3) is 0 Å². The zero-order valence-electron chi connectivity index (χ0n) is 11.7. The summed E-state index contributed by atoms with van der Waals surface area (Å²) in [5.41, 5.74) is 1.80. The lowest BCUT2D eigenvalue weighted by atomic mass is 10.1. The molecule has 106 valence electrons. The highest BCUT2D eigenvalue weighted by atomic mass is 16.3. The van der Waals surface area contributed by atoms with E-state index < -0.39 is 0 Å². The van der Waals surface area contributed by atoms with E-state index in [0.29, 0.717) is 17.9 Å². The van der Waals surface area contributed by atoms with Crippen LogP contribution in [0.5, 0.6) is 0 Å². The van der Waals surface area contributed by atoms with E-state index in [1.807, 2.05) is 11.6 Å². The average Bonchev–Trinajstić information content (AvgIpc) is 3.11. The van der Waals surface area contributed by atoms with Crippen molar-refractivity contribution < 1.29 is 9.90 Å². The van der Waals surface area contributed by atoms with Crippen LogP contribution in [-0.2, 0) is 6.54 Å². The Kier molecular flexibility index (Phi) is 4.58. The van der Waals surface area contributed by atoms with Crippen molar-refractivity contribution >= 4 is 5.91 Å². The maximum atomic E-state index is 12.3. The second-order valence-electron chi connectivity index (χ2n) is 5.33. The van der Waals surface area contributed by atoms with Crippen molar-refractivity contribution in [2.45, 2.75) is 58.0 Å². The average molecular weight is 265 g/mol. The smallest absolute Gasteiger partial charge is 0.254 e. The Labute approximate surface area is 114 Å². The fraction of sp³-hybridized carbons (Fsp3) is 0.714. The molecule has 19 heavy (non-hydrogen) atoms. The number of carbonyl (C=O) groups excluding carboxylic acids is 1. The van der Waals surface area contributed by atoms with Crippen molar-refractivity contribution in [3.8, 4) is 0 Å². The van der Waals surface area contributed by atoms with E-state index in [0.717, 1.165) is 31.5 Å². The summed E-state index contributed by atoms with van der Waals surface area (Å²) in [6.45, 7) is 4.97. The van der Waals surface area contributed by atoms with Crippen LogP contribution in [-0.4, -0.2) is 33.4 Å². The van der Waals surface area contributed by atoms with Crippen LogP contribution in [0.15, 0.2) is 6.20 Å². The maximum Gasteiger partial charge on any atom is 0.254 e. The zero-order chi connectivity index (χ0) is 13.8. The molecule has 2 N–H and O–H groups in total. The van der Waals surface area contributed by atoms with Crippen LogP contribution in [0.2, 0.25) is 0 Å². The van der Waals surface area contributed by atoms with Crippen LogP contribution in [0.3, 0.4) is 0 Å². The molecule has 1 amide bonds. The fourth-order valence-corrected chi connectivity index (χ4v) is 2.31. The molecule has 0 bridgehead atoms. The van der Waals surface area contributed by atoms with Gasteiger partial charge < -0.3 is 10.4 Å². The van der Waals surface area contributed by atoms with E-state index in [9.17, 15) is 4.79 Å². The number of nitrogens with one attached hydrogen (secondary N) is 1. The number of aliphatic hydroxyl groups excluding tert-OH is 1. The minimum Gasteiger partial charge on any atom is -0.396 e. The van der Waals surface area contributed by atoms with Gasteiger partial charge in [-0.2, -0.15) is 5.10 Å². The molecule has 0 aromatic carbocycles. The summed E-state index contributed by atoms with van der Waals surface area (Å²) in [5, 5.41) is 16.2. The predicted molar refractivity (Wildman–Crippen MR) is 73.1 cm³/mol. The Morgan fingerprint density at radius 3 is 2.95 bits per heavy atom. The van der Waals surface area contributed by atoms with E-state index in [1.54, 1.807) is 6.20 Å². The topological polar surface area (TPSA) is 67.2 Å². The van der Waals surface area contributed by atoms with E-state index in [1.165, 1.54) is 0 Å². The van der Waals surface area contributed by atoms with Crippen LogP contribution < -0.4 is 5.32 Å². The molecule has 2 rings (SSSR count). The maximum absolute atomic E-state index is 12.3. The van der Waals surface area contributed by atoms with Gasteiger partial charge in [-0.25, -0.2) is 0 Å². The molecular formula is C14H23N3O2. The molecule has 1 aromatic rings. The highest BCUT2D eigenvalue weighted by Gasteiger charge is 2.32. The molecule has 0 radical (unpaired) electrons. The number of aliphatic hydroxyl groups is 1. The summed E-state index contributed by atoms with van der Waals surface area (Å²) < 4.78 is 1.98. The van der Waals surface area contributed by atoms with Gasteiger partial charge in [-0.1, -0.05) is 6.92 Å². The van der Waals surface area contributed by atoms with Gasteiger partial charge in [0.2, 0.25) is 0 Å². The fourth-order valence-electron chi connectivity index (χ4n) is 2.31. The minimum absolute atomic E-state index is 0.0147. The second-order valence-corrected chi connectivity index (χ2v) is 5.33. The van der Waals surface area contributed by atoms with Crippen molar-refractivity contribution in [1.82, 2.24) is 15.1 Å². The van der Waals surface area contributed by atoms with Gasteiger partial charge >= 0.3 is 0 Å². The lowest BCUT2D eigenvalue weighted by molar-refractivity contribution is 0.0933. The summed E-state index contributed by atoms with van der Waals surface area (Å²) in [5.74, 6) is 0.438. The normalized spacial score (nSPS) is 16.4. The van der Waals surface area contributed by atoms with Gasteiger partial charge in [0, 0.05) is 25.1 Å². The molecule has 0 spiro atoms. The van der Waals surface area contributed by atoms with Crippen molar-refractivity contribution in [3.05, 3.63) is 17.5 Å². The molecule has 1 fully saturated rings. The summed E-state index contributed by atoms with van der Waals surface area (Å²) in [7, 11) is 0. The number of carbonyl (C=O) groups is 1. The van der Waals surface area contributed by atoms with E-state index in [4.69, 9.17) is 5.11 Å². The van der Waals surface area contributed by atoms with Crippen LogP contribution >= 0.6 is 0 Å². The van der Waals surface area contributed by atoms with Gasteiger partial charge in [-0.3, -0.25) is 9.48 Å². The number of aryl methyl sites for hydroxylation is 1. The summed E-state index contributed by atoms with van der Waals surface area (Å²) >= 11 is 0. The van der Waals surface area contributed by atoms with Crippen LogP contribution in [0.4, 0.5) is 0 Å². The Bertz CT molecular complexity index is 438. The molecule has 1 aromatic heterocycles. The van der Waals surface area contributed by atoms with Gasteiger partial charge in [0.1, 0.15) is 0 Å². The first-order chi connectivity index (χ1) is 9.17. The van der Waals surface area contributed by atoms with Gasteiger partial charge in [0.25, 0.3) is 5.91 Å². The minimum atomic E-state index is -0.0646. The van der Waals surface area contributed by atoms with Crippen molar-refractivity contribution in [2.75, 3.05) is 6.61 Å². The molecule has 0 aliphatic heterocycles. The Balaban J connectivity index is 2.12. The van der Waals surface area contributed by atoms with Gasteiger partial charge in [-0.15, -0.1) is 0 Å². The van der Waals surface area contributed by atoms with Crippen molar-refractivity contribution in [1.29, 1.82) is 0 Å². The molecule has 1 saturated carbocycles. The zero-order valence-corrected chi connectivity index (χ0v) is 11.7. The standard InChI is InChI=1S/C14H23N3O2/c1-3-7-17-13(11-4-5-11)12(9-15-17)14(19)16-10(2)6-8-18/h9-11,18H,3-8H2,1-2H3,(H,16,19). The molecule has 0 saturated heterocycles. The van der Waals surface area contributed by atoms with Gasteiger partial charge in [-0.05, 0) is 32.6 Å². The van der Waals surface area contributed by atoms with Crippen LogP contribution in [0, 0.1) is 0 Å². The molecule has 5 nitrogen and oxygen atoms in total. The lowest BCUT2D eigenvalue weighted by Crippen LogP contribution is -2.33. The molecule has 1 aliphatic rings. The first kappa shape index (κ1) is 14.1. The third-order valence-electron chi connectivity index (χ3n) is 3.46. The Morgan fingerprint density at radius 1 is 1.63 bits per heavy atom. The van der Waals surface area contributed by atoms with Gasteiger partial charge in [0.05, 0.1) is 17.5 Å². The highest BCUT2D eigenvalue weighted by molar-refractivity contribution is 5.95. The Morgan fingerprint density at radius 2 is 2.37 bits per heavy atom. The molecule has 1 unspecified atom stereocenters. The number of rotatable bonds is 7. The number of aromatic nitrogens is 2. The Hall–Kier alpha value is -1.36. The van der Waals surface area contributed by atoms with E-state index in [2.05, 4.69) is 17.3 Å². The molecule has 5 heteroatoms. The predicted octanol–water partition coefficient (Wildman–Crippen LogP) is 1.67. The number of nitrogens with zero attached hydrogens (tertiary/aromatic N) is 2. The summed E-state index contributed by atoms with van der Waals surface area (Å²) in [6, 6.07) is -0.0147. The largest absolute Gasteiger partial charge is 0.396 e. The highest BCUT2D eigenvalue weighted by Crippen LogP contribution is 2.41. The third kappa shape index (κ3) is 3.35. The second kappa shape index (κ2) is 6.19. The van der Waals surface area contributed by atoms with Crippen LogP contribution in [0.1, 0.15) is 61.5 Å². The third-order valence-corrected chi connectivity index (χ3v) is 3.46. The quantitative estimate of drug-likeness (QED) is 0.788. The first-order valence-corrected chi connectivity index (χ1v) is 7.14. The number of hydrogen-bond acceptors (Lipinski definition) is 3. The monoisotopic (exact) mass is 265 g/mol. The van der Waals surface area contributed by atoms with Crippen molar-refractivity contribution in [2.24, 2.45) is 0 Å².